The maximum absolute atomic E-state index is 12.0. The number of aromatic nitrogens is 2. The van der Waals surface area contributed by atoms with Crippen molar-refractivity contribution in [3.63, 3.8) is 0 Å². The lowest BCUT2D eigenvalue weighted by molar-refractivity contribution is -0.141. The Labute approximate surface area is 78.2 Å². The molecular formula is C8H9F3N2O. The second kappa shape index (κ2) is 3.43. The van der Waals surface area contributed by atoms with E-state index in [2.05, 4.69) is 4.98 Å². The number of hydrogen-bond acceptors (Lipinski definition) is 2. The van der Waals surface area contributed by atoms with Crippen molar-refractivity contribution in [2.24, 2.45) is 0 Å². The Balaban J connectivity index is 3.13. The van der Waals surface area contributed by atoms with Gasteiger partial charge in [-0.25, -0.2) is 4.98 Å². The van der Waals surface area contributed by atoms with Crippen molar-refractivity contribution in [3.8, 4) is 0 Å². The molecule has 0 fully saturated rings. The molecule has 1 rings (SSSR count). The van der Waals surface area contributed by atoms with E-state index in [-0.39, 0.29) is 5.56 Å². The Bertz CT molecular complexity index is 395. The molecule has 6 heteroatoms. The topological polar surface area (TPSA) is 34.9 Å². The van der Waals surface area contributed by atoms with Gasteiger partial charge in [-0.1, -0.05) is 0 Å². The molecule has 0 atom stereocenters. The van der Waals surface area contributed by atoms with Crippen LogP contribution in [0.5, 0.6) is 0 Å². The predicted octanol–water partition coefficient (Wildman–Crippen LogP) is 1.42. The zero-order valence-corrected chi connectivity index (χ0v) is 7.72. The highest BCUT2D eigenvalue weighted by Crippen LogP contribution is 2.16. The van der Waals surface area contributed by atoms with Gasteiger partial charge in [0.25, 0.3) is 5.56 Å². The SMILES string of the molecule is Cc1ncn(CC(F)(F)F)c(=O)c1C. The number of halogens is 3. The maximum atomic E-state index is 12.0. The number of rotatable bonds is 1. The third-order valence-electron chi connectivity index (χ3n) is 1.86. The summed E-state index contributed by atoms with van der Waals surface area (Å²) < 4.78 is 36.5. The van der Waals surface area contributed by atoms with Crippen molar-refractivity contribution in [1.29, 1.82) is 0 Å². The minimum absolute atomic E-state index is 0.247. The Kier molecular flexibility index (Phi) is 2.64. The van der Waals surface area contributed by atoms with Crippen molar-refractivity contribution in [2.75, 3.05) is 0 Å². The molecule has 0 aromatic carbocycles. The Morgan fingerprint density at radius 2 is 2.00 bits per heavy atom. The van der Waals surface area contributed by atoms with Gasteiger partial charge in [-0.2, -0.15) is 13.2 Å². The zero-order valence-electron chi connectivity index (χ0n) is 7.72. The number of aryl methyl sites for hydroxylation is 1. The van der Waals surface area contributed by atoms with Gasteiger partial charge in [0.15, 0.2) is 0 Å². The van der Waals surface area contributed by atoms with Crippen molar-refractivity contribution < 1.29 is 13.2 Å². The van der Waals surface area contributed by atoms with E-state index in [1.54, 1.807) is 6.92 Å². The summed E-state index contributed by atoms with van der Waals surface area (Å²) in [6.07, 6.45) is -3.48. The van der Waals surface area contributed by atoms with E-state index in [9.17, 15) is 18.0 Å². The fraction of sp³-hybridized carbons (Fsp3) is 0.500. The second-order valence-electron chi connectivity index (χ2n) is 3.00. The van der Waals surface area contributed by atoms with Gasteiger partial charge in [0.1, 0.15) is 6.54 Å². The van der Waals surface area contributed by atoms with Crippen LogP contribution in [-0.4, -0.2) is 15.7 Å². The highest BCUT2D eigenvalue weighted by atomic mass is 19.4. The molecule has 1 aromatic heterocycles. The molecule has 1 aromatic rings. The molecule has 3 nitrogen and oxygen atoms in total. The first-order chi connectivity index (χ1) is 6.31. The van der Waals surface area contributed by atoms with E-state index in [4.69, 9.17) is 0 Å². The minimum Gasteiger partial charge on any atom is -0.290 e. The summed E-state index contributed by atoms with van der Waals surface area (Å²) in [4.78, 5) is 15.0. The molecule has 0 aliphatic rings. The van der Waals surface area contributed by atoms with Crippen molar-refractivity contribution in [3.05, 3.63) is 27.9 Å². The van der Waals surface area contributed by atoms with Crippen LogP contribution in [0.15, 0.2) is 11.1 Å². The standard InChI is InChI=1S/C8H9F3N2O/c1-5-6(2)12-4-13(7(5)14)3-8(9,10)11/h4H,3H2,1-2H3. The molecule has 0 saturated carbocycles. The van der Waals surface area contributed by atoms with Crippen LogP contribution in [0, 0.1) is 13.8 Å². The zero-order chi connectivity index (χ0) is 10.9. The first-order valence-electron chi connectivity index (χ1n) is 3.90. The van der Waals surface area contributed by atoms with Crippen molar-refractivity contribution in [2.45, 2.75) is 26.6 Å². The normalized spacial score (nSPS) is 11.8. The van der Waals surface area contributed by atoms with Gasteiger partial charge in [0, 0.05) is 11.3 Å². The van der Waals surface area contributed by atoms with E-state index in [0.29, 0.717) is 10.3 Å². The van der Waals surface area contributed by atoms with Gasteiger partial charge in [-0.05, 0) is 13.8 Å². The summed E-state index contributed by atoms with van der Waals surface area (Å²) in [5.41, 5.74) is 0.0556. The number of hydrogen-bond donors (Lipinski definition) is 0. The smallest absolute Gasteiger partial charge is 0.290 e. The summed E-state index contributed by atoms with van der Waals surface area (Å²) in [6, 6.07) is 0. The van der Waals surface area contributed by atoms with E-state index in [1.165, 1.54) is 6.92 Å². The summed E-state index contributed by atoms with van der Waals surface area (Å²) in [5, 5.41) is 0. The van der Waals surface area contributed by atoms with Crippen molar-refractivity contribution >= 4 is 0 Å². The molecule has 0 aliphatic carbocycles. The molecule has 14 heavy (non-hydrogen) atoms. The van der Waals surface area contributed by atoms with Crippen LogP contribution < -0.4 is 5.56 Å². The van der Waals surface area contributed by atoms with Crippen LogP contribution in [0.1, 0.15) is 11.3 Å². The van der Waals surface area contributed by atoms with Gasteiger partial charge in [0.05, 0.1) is 6.33 Å². The molecule has 78 valence electrons. The molecule has 0 N–H and O–H groups in total. The van der Waals surface area contributed by atoms with Gasteiger partial charge < -0.3 is 0 Å². The first kappa shape index (κ1) is 10.7. The van der Waals surface area contributed by atoms with E-state index in [0.717, 1.165) is 6.33 Å². The fourth-order valence-electron chi connectivity index (χ4n) is 0.982. The summed E-state index contributed by atoms with van der Waals surface area (Å²) in [5.74, 6) is 0. The van der Waals surface area contributed by atoms with Crippen LogP contribution in [0.4, 0.5) is 13.2 Å². The molecular weight excluding hydrogens is 197 g/mol. The molecule has 0 bridgehead atoms. The summed E-state index contributed by atoms with van der Waals surface area (Å²) in [6.45, 7) is 1.74. The minimum atomic E-state index is -4.40. The molecule has 0 amide bonds. The summed E-state index contributed by atoms with van der Waals surface area (Å²) >= 11 is 0. The van der Waals surface area contributed by atoms with E-state index in [1.807, 2.05) is 0 Å². The Hall–Kier alpha value is -1.33. The largest absolute Gasteiger partial charge is 0.406 e. The maximum Gasteiger partial charge on any atom is 0.406 e. The third-order valence-corrected chi connectivity index (χ3v) is 1.86. The van der Waals surface area contributed by atoms with Crippen LogP contribution >= 0.6 is 0 Å². The van der Waals surface area contributed by atoms with Gasteiger partial charge >= 0.3 is 6.18 Å². The molecule has 0 saturated heterocycles. The van der Waals surface area contributed by atoms with Gasteiger partial charge in [-0.3, -0.25) is 9.36 Å². The monoisotopic (exact) mass is 206 g/mol. The van der Waals surface area contributed by atoms with E-state index < -0.39 is 18.3 Å². The second-order valence-corrected chi connectivity index (χ2v) is 3.00. The number of nitrogens with zero attached hydrogens (tertiary/aromatic N) is 2. The predicted molar refractivity (Wildman–Crippen MR) is 44.0 cm³/mol. The molecule has 0 aliphatic heterocycles. The molecule has 0 unspecified atom stereocenters. The number of alkyl halides is 3. The molecule has 0 spiro atoms. The average Bonchev–Trinajstić information content (AvgIpc) is 2.04. The quantitative estimate of drug-likeness (QED) is 0.696. The summed E-state index contributed by atoms with van der Waals surface area (Å²) in [7, 11) is 0. The highest BCUT2D eigenvalue weighted by molar-refractivity contribution is 5.12. The lowest BCUT2D eigenvalue weighted by Gasteiger charge is -2.09. The fourth-order valence-corrected chi connectivity index (χ4v) is 0.982. The highest BCUT2D eigenvalue weighted by Gasteiger charge is 2.28. The van der Waals surface area contributed by atoms with E-state index >= 15 is 0 Å². The van der Waals surface area contributed by atoms with Crippen LogP contribution in [0.3, 0.4) is 0 Å². The van der Waals surface area contributed by atoms with Crippen LogP contribution in [-0.2, 0) is 6.54 Å². The van der Waals surface area contributed by atoms with Crippen molar-refractivity contribution in [1.82, 2.24) is 9.55 Å². The molecule has 0 radical (unpaired) electrons. The Morgan fingerprint density at radius 1 is 1.43 bits per heavy atom. The molecule has 1 heterocycles. The Morgan fingerprint density at radius 3 is 2.50 bits per heavy atom. The third kappa shape index (κ3) is 2.34. The van der Waals surface area contributed by atoms with Gasteiger partial charge in [0.2, 0.25) is 0 Å². The average molecular weight is 206 g/mol. The lowest BCUT2D eigenvalue weighted by atomic mass is 10.3. The first-order valence-corrected chi connectivity index (χ1v) is 3.90. The lowest BCUT2D eigenvalue weighted by Crippen LogP contribution is -2.30. The van der Waals surface area contributed by atoms with Crippen LogP contribution in [0.2, 0.25) is 0 Å². The van der Waals surface area contributed by atoms with Gasteiger partial charge in [-0.15, -0.1) is 0 Å². The van der Waals surface area contributed by atoms with Crippen LogP contribution in [0.25, 0.3) is 0 Å².